The fourth-order valence-corrected chi connectivity index (χ4v) is 4.20. The number of benzene rings is 2. The summed E-state index contributed by atoms with van der Waals surface area (Å²) in [5.74, 6) is -1.28. The van der Waals surface area contributed by atoms with Gasteiger partial charge in [0, 0.05) is 26.7 Å². The molecule has 8 nitrogen and oxygen atoms in total. The largest absolute Gasteiger partial charge is 0.380 e. The molecule has 0 radical (unpaired) electrons. The van der Waals surface area contributed by atoms with Gasteiger partial charge in [0.1, 0.15) is 6.07 Å². The van der Waals surface area contributed by atoms with E-state index in [1.165, 1.54) is 11.9 Å². The van der Waals surface area contributed by atoms with Gasteiger partial charge in [0.05, 0.1) is 17.3 Å². The van der Waals surface area contributed by atoms with Crippen LogP contribution in [0.5, 0.6) is 0 Å². The molecule has 3 atom stereocenters. The number of para-hydroxylation sites is 1. The van der Waals surface area contributed by atoms with Gasteiger partial charge in [-0.2, -0.15) is 5.26 Å². The molecule has 180 valence electrons. The first-order chi connectivity index (χ1) is 16.3. The zero-order chi connectivity index (χ0) is 24.7. The van der Waals surface area contributed by atoms with Crippen LogP contribution in [0.2, 0.25) is 0 Å². The molecule has 8 heteroatoms. The molecule has 0 spiro atoms. The number of hydrogen-bond donors (Lipinski definition) is 3. The Morgan fingerprint density at radius 2 is 1.71 bits per heavy atom. The number of nitrogens with zero attached hydrogens (tertiary/aromatic N) is 3. The van der Waals surface area contributed by atoms with Gasteiger partial charge in [0.15, 0.2) is 12.2 Å². The smallest absolute Gasteiger partial charge is 0.254 e. The number of amides is 2. The van der Waals surface area contributed by atoms with Gasteiger partial charge in [0.2, 0.25) is 0 Å². The molecule has 0 aliphatic carbocycles. The quantitative estimate of drug-likeness (QED) is 0.549. The topological polar surface area (TPSA) is 117 Å². The van der Waals surface area contributed by atoms with E-state index in [1.807, 2.05) is 55.5 Å². The minimum atomic E-state index is -1.85. The van der Waals surface area contributed by atoms with E-state index in [0.29, 0.717) is 12.1 Å². The van der Waals surface area contributed by atoms with Crippen LogP contribution >= 0.6 is 0 Å². The molecule has 1 heterocycles. The van der Waals surface area contributed by atoms with Gasteiger partial charge in [-0.05, 0) is 43.4 Å². The molecule has 2 aromatic carbocycles. The highest BCUT2D eigenvalue weighted by molar-refractivity contribution is 5.90. The van der Waals surface area contributed by atoms with E-state index in [1.54, 1.807) is 6.07 Å². The number of aliphatic hydroxyl groups is 2. The second-order valence-corrected chi connectivity index (χ2v) is 8.73. The highest BCUT2D eigenvalue weighted by atomic mass is 16.3. The fraction of sp³-hybridized carbons (Fsp3) is 0.423. The first-order valence-corrected chi connectivity index (χ1v) is 11.5. The van der Waals surface area contributed by atoms with Gasteiger partial charge in [-0.1, -0.05) is 42.5 Å². The van der Waals surface area contributed by atoms with Gasteiger partial charge >= 0.3 is 0 Å². The summed E-state index contributed by atoms with van der Waals surface area (Å²) in [4.78, 5) is 28.6. The second kappa shape index (κ2) is 11.6. The number of piperidine rings is 1. The molecular weight excluding hydrogens is 432 g/mol. The van der Waals surface area contributed by atoms with E-state index in [9.17, 15) is 25.1 Å². The van der Waals surface area contributed by atoms with Crippen LogP contribution in [0.25, 0.3) is 0 Å². The number of nitriles is 1. The number of anilines is 1. The number of hydrogen-bond acceptors (Lipinski definition) is 6. The van der Waals surface area contributed by atoms with Crippen molar-refractivity contribution in [1.29, 1.82) is 5.26 Å². The molecule has 2 aromatic rings. The standard InChI is InChI=1S/C26H32N4O4/c1-18(20-8-4-3-5-9-20)29(2)26(34)24(32)23(31)25(33)28-17-19-12-14-30(15-13-19)22-11-7-6-10-21(22)16-27/h3-11,18-19,23-24,31-32H,12-15,17H2,1-2H3,(H,28,33)/t18-,23-,24-/m1/s1. The molecule has 3 N–H and O–H groups in total. The molecule has 3 rings (SSSR count). The number of nitrogens with one attached hydrogen (secondary N) is 1. The van der Waals surface area contributed by atoms with Crippen molar-refractivity contribution in [2.45, 2.75) is 38.0 Å². The molecule has 34 heavy (non-hydrogen) atoms. The predicted molar refractivity (Wildman–Crippen MR) is 129 cm³/mol. The van der Waals surface area contributed by atoms with Crippen molar-refractivity contribution in [3.05, 3.63) is 65.7 Å². The maximum Gasteiger partial charge on any atom is 0.254 e. The lowest BCUT2D eigenvalue weighted by atomic mass is 9.95. The third kappa shape index (κ3) is 5.93. The van der Waals surface area contributed by atoms with Crippen molar-refractivity contribution >= 4 is 17.5 Å². The summed E-state index contributed by atoms with van der Waals surface area (Å²) in [6.45, 7) is 3.67. The zero-order valence-electron chi connectivity index (χ0n) is 19.6. The number of aliphatic hydroxyl groups excluding tert-OH is 2. The van der Waals surface area contributed by atoms with Crippen LogP contribution in [0.3, 0.4) is 0 Å². The van der Waals surface area contributed by atoms with Gasteiger partial charge in [0.25, 0.3) is 11.8 Å². The lowest BCUT2D eigenvalue weighted by molar-refractivity contribution is -0.153. The SMILES string of the molecule is C[C@H](c1ccccc1)N(C)C(=O)[C@H](O)[C@@H](O)C(=O)NCC1CCN(c2ccccc2C#N)CC1. The summed E-state index contributed by atoms with van der Waals surface area (Å²) in [5, 5.41) is 32.6. The molecule has 0 bridgehead atoms. The van der Waals surface area contributed by atoms with E-state index in [2.05, 4.69) is 16.3 Å². The van der Waals surface area contributed by atoms with Crippen molar-refractivity contribution in [3.63, 3.8) is 0 Å². The Hall–Kier alpha value is -3.41. The van der Waals surface area contributed by atoms with Crippen molar-refractivity contribution in [3.8, 4) is 6.07 Å². The van der Waals surface area contributed by atoms with Crippen LogP contribution in [0.15, 0.2) is 54.6 Å². The molecule has 1 aliphatic rings. The lowest BCUT2D eigenvalue weighted by Gasteiger charge is -2.34. The van der Waals surface area contributed by atoms with Gasteiger partial charge < -0.3 is 25.3 Å². The Morgan fingerprint density at radius 1 is 1.09 bits per heavy atom. The highest BCUT2D eigenvalue weighted by Crippen LogP contribution is 2.26. The molecule has 2 amide bonds. The third-order valence-electron chi connectivity index (χ3n) is 6.58. The summed E-state index contributed by atoms with van der Waals surface area (Å²) in [6.07, 6.45) is -2.06. The number of carbonyl (C=O) groups excluding carboxylic acids is 2. The summed E-state index contributed by atoms with van der Waals surface area (Å²) in [6, 6.07) is 18.7. The van der Waals surface area contributed by atoms with E-state index in [4.69, 9.17) is 0 Å². The molecule has 1 saturated heterocycles. The number of carbonyl (C=O) groups is 2. The van der Waals surface area contributed by atoms with Crippen LogP contribution in [-0.4, -0.2) is 65.8 Å². The average molecular weight is 465 g/mol. The predicted octanol–water partition coefficient (Wildman–Crippen LogP) is 1.83. The van der Waals surface area contributed by atoms with Gasteiger partial charge in [-0.25, -0.2) is 0 Å². The first-order valence-electron chi connectivity index (χ1n) is 11.5. The third-order valence-corrected chi connectivity index (χ3v) is 6.58. The molecular formula is C26H32N4O4. The van der Waals surface area contributed by atoms with Gasteiger partial charge in [-0.15, -0.1) is 0 Å². The van der Waals surface area contributed by atoms with Gasteiger partial charge in [-0.3, -0.25) is 9.59 Å². The molecule has 0 saturated carbocycles. The van der Waals surface area contributed by atoms with Crippen molar-refractivity contribution in [2.75, 3.05) is 31.6 Å². The maximum atomic E-state index is 12.6. The van der Waals surface area contributed by atoms with Crippen molar-refractivity contribution < 1.29 is 19.8 Å². The maximum absolute atomic E-state index is 12.6. The minimum absolute atomic E-state index is 0.204. The Bertz CT molecular complexity index is 1010. The Kier molecular flexibility index (Phi) is 8.63. The molecule has 1 aliphatic heterocycles. The number of rotatable bonds is 8. The highest BCUT2D eigenvalue weighted by Gasteiger charge is 2.34. The fourth-order valence-electron chi connectivity index (χ4n) is 4.20. The molecule has 1 fully saturated rings. The van der Waals surface area contributed by atoms with Crippen LogP contribution in [0.1, 0.15) is 36.9 Å². The summed E-state index contributed by atoms with van der Waals surface area (Å²) in [7, 11) is 1.53. The normalized spacial score (nSPS) is 16.7. The number of likely N-dealkylation sites (N-methyl/N-ethyl adjacent to an activating group) is 1. The van der Waals surface area contributed by atoms with Crippen LogP contribution < -0.4 is 10.2 Å². The van der Waals surface area contributed by atoms with Crippen molar-refractivity contribution in [2.24, 2.45) is 5.92 Å². The Labute approximate surface area is 200 Å². The minimum Gasteiger partial charge on any atom is -0.380 e. The Morgan fingerprint density at radius 3 is 2.35 bits per heavy atom. The second-order valence-electron chi connectivity index (χ2n) is 8.73. The van der Waals surface area contributed by atoms with Crippen LogP contribution in [0.4, 0.5) is 5.69 Å². The summed E-state index contributed by atoms with van der Waals surface area (Å²) >= 11 is 0. The van der Waals surface area contributed by atoms with Crippen LogP contribution in [0, 0.1) is 17.2 Å². The van der Waals surface area contributed by atoms with E-state index < -0.39 is 24.0 Å². The van der Waals surface area contributed by atoms with Crippen molar-refractivity contribution in [1.82, 2.24) is 10.2 Å². The first kappa shape index (κ1) is 25.2. The van der Waals surface area contributed by atoms with Crippen LogP contribution in [-0.2, 0) is 9.59 Å². The van der Waals surface area contributed by atoms with E-state index in [-0.39, 0.29) is 12.0 Å². The van der Waals surface area contributed by atoms with E-state index in [0.717, 1.165) is 37.2 Å². The molecule has 0 unspecified atom stereocenters. The lowest BCUT2D eigenvalue weighted by Crippen LogP contribution is -2.51. The monoisotopic (exact) mass is 464 g/mol. The summed E-state index contributed by atoms with van der Waals surface area (Å²) in [5.41, 5.74) is 2.44. The summed E-state index contributed by atoms with van der Waals surface area (Å²) < 4.78 is 0. The molecule has 0 aromatic heterocycles. The zero-order valence-corrected chi connectivity index (χ0v) is 19.6. The average Bonchev–Trinajstić information content (AvgIpc) is 2.90. The van der Waals surface area contributed by atoms with E-state index >= 15 is 0 Å². The Balaban J connectivity index is 1.47.